The predicted molar refractivity (Wildman–Crippen MR) is 129 cm³/mol. The zero-order valence-corrected chi connectivity index (χ0v) is 20.3. The molecule has 2 aliphatic carbocycles. The number of anilines is 2. The molecule has 1 unspecified atom stereocenters. The van der Waals surface area contributed by atoms with Crippen molar-refractivity contribution in [3.8, 4) is 0 Å². The topological polar surface area (TPSA) is 59.5 Å². The number of nitrogens with one attached hydrogen (secondary N) is 1. The van der Waals surface area contributed by atoms with Gasteiger partial charge in [0.1, 0.15) is 6.33 Å². The van der Waals surface area contributed by atoms with Crippen molar-refractivity contribution in [3.05, 3.63) is 30.1 Å². The third-order valence-electron chi connectivity index (χ3n) is 8.81. The molecule has 2 heterocycles. The van der Waals surface area contributed by atoms with Gasteiger partial charge in [0.15, 0.2) is 18.2 Å². The average molecular weight is 425 g/mol. The van der Waals surface area contributed by atoms with Crippen molar-refractivity contribution in [2.24, 2.45) is 22.7 Å². The monoisotopic (exact) mass is 424 g/mol. The number of hydrogen-bond acceptors (Lipinski definition) is 4. The van der Waals surface area contributed by atoms with Crippen LogP contribution in [0.4, 0.5) is 17.3 Å². The predicted octanol–water partition coefficient (Wildman–Crippen LogP) is 4.51. The van der Waals surface area contributed by atoms with Crippen molar-refractivity contribution in [3.63, 3.8) is 0 Å². The van der Waals surface area contributed by atoms with Crippen LogP contribution in [-0.4, -0.2) is 30.2 Å². The molecule has 5 heteroatoms. The molecule has 2 saturated carbocycles. The lowest BCUT2D eigenvalue weighted by Gasteiger charge is -2.58. The fraction of sp³-hybridized carbons (Fsp3) is 0.692. The number of nitrogens with two attached hydrogens (primary N) is 1. The van der Waals surface area contributed by atoms with Crippen molar-refractivity contribution in [2.75, 3.05) is 30.9 Å². The maximum absolute atomic E-state index is 6.16. The highest BCUT2D eigenvalue weighted by Gasteiger charge is 2.52. The molecule has 170 valence electrons. The van der Waals surface area contributed by atoms with E-state index in [4.69, 9.17) is 5.73 Å². The highest BCUT2D eigenvalue weighted by molar-refractivity contribution is 5.73. The molecule has 31 heavy (non-hydrogen) atoms. The lowest BCUT2D eigenvalue weighted by molar-refractivity contribution is -0.805. The van der Waals surface area contributed by atoms with E-state index < -0.39 is 0 Å². The summed E-state index contributed by atoms with van der Waals surface area (Å²) < 4.78 is 0. The number of rotatable bonds is 5. The van der Waals surface area contributed by atoms with E-state index in [1.807, 2.05) is 0 Å². The minimum Gasteiger partial charge on any atom is -0.382 e. The molecular weight excluding hydrogens is 382 g/mol. The molecule has 0 aromatic carbocycles. The Kier molecular flexibility index (Phi) is 5.93. The van der Waals surface area contributed by atoms with Gasteiger partial charge in [-0.25, -0.2) is 4.98 Å². The fourth-order valence-electron chi connectivity index (χ4n) is 7.16. The summed E-state index contributed by atoms with van der Waals surface area (Å²) in [7, 11) is 2.14. The Morgan fingerprint density at radius 1 is 1.32 bits per heavy atom. The van der Waals surface area contributed by atoms with Gasteiger partial charge in [-0.05, 0) is 68.1 Å². The van der Waals surface area contributed by atoms with Gasteiger partial charge >= 0.3 is 0 Å². The van der Waals surface area contributed by atoms with E-state index in [0.717, 1.165) is 37.1 Å². The zero-order chi connectivity index (χ0) is 22.4. The molecule has 0 spiro atoms. The van der Waals surface area contributed by atoms with E-state index in [1.165, 1.54) is 54.6 Å². The molecule has 4 atom stereocenters. The lowest BCUT2D eigenvalue weighted by atomic mass is 9.47. The van der Waals surface area contributed by atoms with E-state index >= 15 is 0 Å². The Bertz CT molecular complexity index is 873. The van der Waals surface area contributed by atoms with Crippen LogP contribution < -0.4 is 15.5 Å². The van der Waals surface area contributed by atoms with Gasteiger partial charge in [-0.1, -0.05) is 51.0 Å². The molecule has 3 aliphatic rings. The Hall–Kier alpha value is -1.88. The Morgan fingerprint density at radius 2 is 2.10 bits per heavy atom. The molecule has 0 bridgehead atoms. The smallest absolute Gasteiger partial charge is 0.256 e. The number of nitrogen functional groups attached to an aromatic ring is 1. The second-order valence-corrected chi connectivity index (χ2v) is 11.4. The number of quaternary nitrogens is 1. The third-order valence-corrected chi connectivity index (χ3v) is 8.81. The summed E-state index contributed by atoms with van der Waals surface area (Å²) in [6.45, 7) is 16.2. The van der Waals surface area contributed by atoms with E-state index in [2.05, 4.69) is 62.3 Å². The summed E-state index contributed by atoms with van der Waals surface area (Å²) in [5.74, 6) is 3.08. The second-order valence-electron chi connectivity index (χ2n) is 11.4. The van der Waals surface area contributed by atoms with Gasteiger partial charge in [0, 0.05) is 6.54 Å². The maximum Gasteiger partial charge on any atom is 0.256 e. The molecule has 2 fully saturated rings. The first-order valence-electron chi connectivity index (χ1n) is 12.1. The van der Waals surface area contributed by atoms with E-state index in [1.54, 1.807) is 6.33 Å². The number of hydrogen-bond donors (Lipinski definition) is 2. The van der Waals surface area contributed by atoms with Gasteiger partial charge in [-0.2, -0.15) is 4.98 Å². The highest BCUT2D eigenvalue weighted by Crippen LogP contribution is 2.61. The normalized spacial score (nSPS) is 32.7. The van der Waals surface area contributed by atoms with Crippen LogP contribution in [0.25, 0.3) is 0 Å². The van der Waals surface area contributed by atoms with Crippen molar-refractivity contribution in [1.82, 2.24) is 9.97 Å². The van der Waals surface area contributed by atoms with Gasteiger partial charge in [0.25, 0.3) is 5.82 Å². The zero-order valence-electron chi connectivity index (χ0n) is 20.3. The Balaban J connectivity index is 1.42. The number of aromatic nitrogens is 2. The Labute approximate surface area is 188 Å². The molecular formula is C26H42N5+. The van der Waals surface area contributed by atoms with Gasteiger partial charge in [0.2, 0.25) is 0 Å². The molecule has 3 N–H and O–H groups in total. The van der Waals surface area contributed by atoms with Gasteiger partial charge in [-0.15, -0.1) is 0 Å². The quantitative estimate of drug-likeness (QED) is 0.683. The van der Waals surface area contributed by atoms with Crippen LogP contribution in [0.5, 0.6) is 0 Å². The largest absolute Gasteiger partial charge is 0.382 e. The molecule has 1 aliphatic heterocycles. The summed E-state index contributed by atoms with van der Waals surface area (Å²) in [6, 6.07) is 0. The van der Waals surface area contributed by atoms with Gasteiger partial charge < -0.3 is 10.6 Å². The first kappa shape index (κ1) is 22.3. The molecule has 1 aromatic rings. The molecule has 0 radical (unpaired) electrons. The van der Waals surface area contributed by atoms with Crippen molar-refractivity contribution >= 4 is 17.3 Å². The summed E-state index contributed by atoms with van der Waals surface area (Å²) >= 11 is 0. The van der Waals surface area contributed by atoms with Gasteiger partial charge in [0.05, 0.1) is 7.05 Å². The molecule has 0 amide bonds. The average Bonchev–Trinajstić information content (AvgIpc) is 3.02. The van der Waals surface area contributed by atoms with Crippen LogP contribution in [0, 0.1) is 22.7 Å². The van der Waals surface area contributed by atoms with Crippen molar-refractivity contribution < 1.29 is 4.90 Å². The van der Waals surface area contributed by atoms with E-state index in [9.17, 15) is 0 Å². The first-order chi connectivity index (χ1) is 14.6. The van der Waals surface area contributed by atoms with Crippen LogP contribution in [0.2, 0.25) is 0 Å². The van der Waals surface area contributed by atoms with E-state index in [0.29, 0.717) is 22.6 Å². The summed E-state index contributed by atoms with van der Waals surface area (Å²) in [5.41, 5.74) is 11.0. The van der Waals surface area contributed by atoms with Gasteiger partial charge in [-0.3, -0.25) is 4.90 Å². The van der Waals surface area contributed by atoms with Crippen molar-refractivity contribution in [1.29, 1.82) is 0 Å². The number of fused-ring (bicyclic) bond motifs is 2. The number of nitrogens with zero attached hydrogens (tertiary/aromatic N) is 3. The van der Waals surface area contributed by atoms with Crippen LogP contribution >= 0.6 is 0 Å². The van der Waals surface area contributed by atoms with Crippen LogP contribution in [0.15, 0.2) is 30.1 Å². The standard InChI is InChI=1S/C26H41N5/c1-18(12-15-31-17-30(6)24-22(31)23(27)28-16-29-24)8-10-20-19(2)9-11-21-25(3,4)13-7-14-26(20,21)5/h12,16,20-21H,2,7-11,13-15,17H2,1,3-6H3,(H2,27,28,29)/p+1/t20-,21-,26+/m0/s1. The van der Waals surface area contributed by atoms with Crippen LogP contribution in [0.3, 0.4) is 0 Å². The Morgan fingerprint density at radius 3 is 2.87 bits per heavy atom. The molecule has 0 saturated heterocycles. The van der Waals surface area contributed by atoms with Crippen LogP contribution in [-0.2, 0) is 0 Å². The number of allylic oxidation sites excluding steroid dienone is 2. The van der Waals surface area contributed by atoms with Crippen LogP contribution in [0.1, 0.15) is 72.6 Å². The fourth-order valence-corrected chi connectivity index (χ4v) is 7.16. The summed E-state index contributed by atoms with van der Waals surface area (Å²) in [6.07, 6.45) is 13.0. The molecule has 4 rings (SSSR count). The second kappa shape index (κ2) is 8.23. The van der Waals surface area contributed by atoms with Crippen molar-refractivity contribution in [2.45, 2.75) is 72.6 Å². The highest BCUT2D eigenvalue weighted by atomic mass is 15.4. The molecule has 5 nitrogen and oxygen atoms in total. The molecule has 1 aromatic heterocycles. The lowest BCUT2D eigenvalue weighted by Crippen LogP contribution is -3.03. The maximum atomic E-state index is 6.16. The first-order valence-corrected chi connectivity index (χ1v) is 12.1. The summed E-state index contributed by atoms with van der Waals surface area (Å²) in [4.78, 5) is 12.2. The summed E-state index contributed by atoms with van der Waals surface area (Å²) in [5, 5.41) is 0. The third kappa shape index (κ3) is 4.02. The SMILES string of the molecule is C=C1CC[C@H]2C(C)(C)CCC[C@]2(C)[C@H]1CCC(C)=CCN1C[NH+](C)c2ncnc(N)c21. The minimum absolute atomic E-state index is 0.420. The van der Waals surface area contributed by atoms with E-state index in [-0.39, 0.29) is 0 Å². The minimum atomic E-state index is 0.420.